The van der Waals surface area contributed by atoms with E-state index < -0.39 is 23.8 Å². The van der Waals surface area contributed by atoms with Gasteiger partial charge in [0.2, 0.25) is 5.88 Å². The molecule has 38 heavy (non-hydrogen) atoms. The molecule has 9 nitrogen and oxygen atoms in total. The van der Waals surface area contributed by atoms with Crippen LogP contribution in [0, 0.1) is 0 Å². The number of carbonyl (C=O) groups is 2. The van der Waals surface area contributed by atoms with Gasteiger partial charge in [0.25, 0.3) is 0 Å². The Hall–Kier alpha value is -5.05. The first kappa shape index (κ1) is 27.5. The molecule has 0 bridgehead atoms. The van der Waals surface area contributed by atoms with Gasteiger partial charge >= 0.3 is 17.7 Å². The molecule has 4 aromatic rings. The van der Waals surface area contributed by atoms with Crippen LogP contribution in [0.5, 0.6) is 28.9 Å². The zero-order valence-electron chi connectivity index (χ0n) is 20.8. The summed E-state index contributed by atoms with van der Waals surface area (Å²) in [5.74, 6) is -1.94. The van der Waals surface area contributed by atoms with Crippen molar-refractivity contribution in [3.8, 4) is 28.9 Å². The second-order valence-electron chi connectivity index (χ2n) is 7.90. The number of para-hydroxylation sites is 4. The lowest BCUT2D eigenvalue weighted by molar-refractivity contribution is -0.181. The number of ether oxygens (including phenoxy) is 4. The maximum absolute atomic E-state index is 11.4. The summed E-state index contributed by atoms with van der Waals surface area (Å²) < 4.78 is 21.8. The highest BCUT2D eigenvalue weighted by Gasteiger charge is 2.39. The number of pyridine rings is 1. The van der Waals surface area contributed by atoms with Gasteiger partial charge < -0.3 is 29.2 Å². The van der Waals surface area contributed by atoms with Crippen molar-refractivity contribution < 1.29 is 38.7 Å². The molecule has 9 heteroatoms. The van der Waals surface area contributed by atoms with E-state index in [-0.39, 0.29) is 5.88 Å². The third-order valence-corrected chi connectivity index (χ3v) is 4.85. The average molecular weight is 518 g/mol. The number of nitrogens with zero attached hydrogens (tertiary/aromatic N) is 1. The summed E-state index contributed by atoms with van der Waals surface area (Å²) in [5.41, 5.74) is 0. The number of hydrogen-bond donors (Lipinski definition) is 2. The van der Waals surface area contributed by atoms with E-state index >= 15 is 0 Å². The fourth-order valence-electron chi connectivity index (χ4n) is 2.92. The Balaban J connectivity index is 0.000000211. The highest BCUT2D eigenvalue weighted by atomic mass is 16.7. The Morgan fingerprint density at radius 3 is 1.84 bits per heavy atom. The monoisotopic (exact) mass is 517 g/mol. The lowest BCUT2D eigenvalue weighted by atomic mass is 10.3. The zero-order chi connectivity index (χ0) is 27.4. The minimum atomic E-state index is -1.84. The van der Waals surface area contributed by atoms with Gasteiger partial charge in [-0.15, -0.1) is 0 Å². The Morgan fingerprint density at radius 1 is 0.737 bits per heavy atom. The average Bonchev–Trinajstić information content (AvgIpc) is 2.92. The second kappa shape index (κ2) is 13.3. The normalized spacial score (nSPS) is 12.5. The number of carboxylic acid groups (broad SMARTS) is 2. The van der Waals surface area contributed by atoms with Gasteiger partial charge in [-0.25, -0.2) is 14.6 Å². The van der Waals surface area contributed by atoms with Crippen molar-refractivity contribution in [1.82, 2.24) is 4.98 Å². The maximum Gasteiger partial charge on any atom is 0.390 e. The van der Waals surface area contributed by atoms with Crippen LogP contribution in [-0.4, -0.2) is 39.0 Å². The van der Waals surface area contributed by atoms with Crippen LogP contribution >= 0.6 is 0 Å². The van der Waals surface area contributed by atoms with Crippen LogP contribution in [0.2, 0.25) is 0 Å². The number of aromatic nitrogens is 1. The van der Waals surface area contributed by atoms with Gasteiger partial charge in [-0.2, -0.15) is 0 Å². The van der Waals surface area contributed by atoms with Crippen LogP contribution in [-0.2, 0) is 9.59 Å². The molecule has 3 aromatic carbocycles. The van der Waals surface area contributed by atoms with Crippen molar-refractivity contribution in [2.75, 3.05) is 0 Å². The summed E-state index contributed by atoms with van der Waals surface area (Å²) in [6.07, 6.45) is 0.584. The van der Waals surface area contributed by atoms with Crippen molar-refractivity contribution in [3.05, 3.63) is 109 Å². The summed E-state index contributed by atoms with van der Waals surface area (Å²) in [7, 11) is 0. The van der Waals surface area contributed by atoms with Crippen LogP contribution < -0.4 is 18.9 Å². The zero-order valence-corrected chi connectivity index (χ0v) is 20.8. The van der Waals surface area contributed by atoms with Crippen molar-refractivity contribution in [2.24, 2.45) is 0 Å². The minimum Gasteiger partial charge on any atom is -0.479 e. The van der Waals surface area contributed by atoms with Crippen LogP contribution in [0.15, 0.2) is 109 Å². The van der Waals surface area contributed by atoms with Crippen molar-refractivity contribution in [1.29, 1.82) is 0 Å². The molecule has 2 atom stereocenters. The van der Waals surface area contributed by atoms with E-state index in [9.17, 15) is 14.7 Å². The van der Waals surface area contributed by atoms with E-state index in [1.807, 2.05) is 36.4 Å². The first-order chi connectivity index (χ1) is 18.3. The molecule has 4 rings (SSSR count). The smallest absolute Gasteiger partial charge is 0.390 e. The first-order valence-electron chi connectivity index (χ1n) is 11.6. The summed E-state index contributed by atoms with van der Waals surface area (Å²) in [4.78, 5) is 26.1. The summed E-state index contributed by atoms with van der Waals surface area (Å²) in [6, 6.07) is 29.8. The van der Waals surface area contributed by atoms with Crippen LogP contribution in [0.25, 0.3) is 0 Å². The Morgan fingerprint density at radius 2 is 1.29 bits per heavy atom. The molecule has 2 unspecified atom stereocenters. The fourth-order valence-corrected chi connectivity index (χ4v) is 2.92. The Bertz CT molecular complexity index is 1260. The van der Waals surface area contributed by atoms with E-state index in [1.54, 1.807) is 66.7 Å². The van der Waals surface area contributed by atoms with E-state index in [1.165, 1.54) is 20.0 Å². The van der Waals surface area contributed by atoms with Crippen LogP contribution in [0.4, 0.5) is 0 Å². The third-order valence-electron chi connectivity index (χ3n) is 4.85. The second-order valence-corrected chi connectivity index (χ2v) is 7.90. The van der Waals surface area contributed by atoms with E-state index in [2.05, 4.69) is 4.98 Å². The van der Waals surface area contributed by atoms with Gasteiger partial charge in [-0.3, -0.25) is 0 Å². The minimum absolute atomic E-state index is 0.184. The lowest BCUT2D eigenvalue weighted by Crippen LogP contribution is -2.47. The number of aliphatic carboxylic acids is 2. The largest absolute Gasteiger partial charge is 0.479 e. The molecule has 0 aliphatic rings. The molecule has 0 spiro atoms. The van der Waals surface area contributed by atoms with Crippen molar-refractivity contribution in [3.63, 3.8) is 0 Å². The number of carboxylic acids is 2. The topological polar surface area (TPSA) is 124 Å². The molecule has 2 N–H and O–H groups in total. The van der Waals surface area contributed by atoms with Gasteiger partial charge in [0.05, 0.1) is 0 Å². The molecule has 0 aliphatic heterocycles. The molecule has 1 aromatic heterocycles. The SMILES string of the molecule is CC(Oc1ccccc1)(Oc1ccccn1)C(=O)O.CC(Oc1ccccc1Oc1ccccc1)C(=O)O. The first-order valence-corrected chi connectivity index (χ1v) is 11.6. The number of benzene rings is 3. The molecule has 0 aliphatic carbocycles. The molecule has 0 saturated carbocycles. The van der Waals surface area contributed by atoms with E-state index in [4.69, 9.17) is 24.1 Å². The maximum atomic E-state index is 11.4. The Kier molecular flexibility index (Phi) is 9.65. The quantitative estimate of drug-likeness (QED) is 0.256. The summed E-state index contributed by atoms with van der Waals surface area (Å²) in [6.45, 7) is 2.80. The standard InChI is InChI=1S/C15H14O4.C14H13NO4/c1-11(15(16)17)18-13-9-5-6-10-14(13)19-12-7-3-2-4-8-12;1-14(13(16)17,18-11-7-3-2-4-8-11)19-12-9-5-6-10-15-12/h2-11H,1H3,(H,16,17);2-10H,1H3,(H,16,17). The summed E-state index contributed by atoms with van der Waals surface area (Å²) in [5, 5.41) is 18.1. The molecule has 196 valence electrons. The molecule has 0 fully saturated rings. The molecule has 0 saturated heterocycles. The lowest BCUT2D eigenvalue weighted by Gasteiger charge is -2.26. The molecule has 0 radical (unpaired) electrons. The highest BCUT2D eigenvalue weighted by Crippen LogP contribution is 2.31. The fraction of sp³-hybridized carbons (Fsp3) is 0.138. The predicted octanol–water partition coefficient (Wildman–Crippen LogP) is 5.67. The summed E-state index contributed by atoms with van der Waals surface area (Å²) >= 11 is 0. The third kappa shape index (κ3) is 8.27. The van der Waals surface area contributed by atoms with Crippen LogP contribution in [0.1, 0.15) is 13.8 Å². The van der Waals surface area contributed by atoms with Crippen molar-refractivity contribution in [2.45, 2.75) is 25.7 Å². The molecule has 1 heterocycles. The predicted molar refractivity (Wildman–Crippen MR) is 139 cm³/mol. The van der Waals surface area contributed by atoms with Gasteiger partial charge in [0.1, 0.15) is 11.5 Å². The van der Waals surface area contributed by atoms with Crippen LogP contribution in [0.3, 0.4) is 0 Å². The Labute approximate surface area is 219 Å². The van der Waals surface area contributed by atoms with Gasteiger partial charge in [-0.1, -0.05) is 54.6 Å². The highest BCUT2D eigenvalue weighted by molar-refractivity contribution is 5.76. The number of hydrogen-bond acceptors (Lipinski definition) is 7. The van der Waals surface area contributed by atoms with E-state index in [0.717, 1.165) is 0 Å². The van der Waals surface area contributed by atoms with Crippen molar-refractivity contribution >= 4 is 11.9 Å². The molecular formula is C29H27NO8. The molecule has 0 amide bonds. The van der Waals surface area contributed by atoms with Gasteiger partial charge in [-0.05, 0) is 49.4 Å². The number of rotatable bonds is 10. The molecular weight excluding hydrogens is 490 g/mol. The van der Waals surface area contributed by atoms with Gasteiger partial charge in [0.15, 0.2) is 17.6 Å². The van der Waals surface area contributed by atoms with Gasteiger partial charge in [0, 0.05) is 19.2 Å². The van der Waals surface area contributed by atoms with E-state index in [0.29, 0.717) is 23.0 Å².